The molecule has 1 aromatic heterocycles. The summed E-state index contributed by atoms with van der Waals surface area (Å²) in [5.74, 6) is 5.99. The van der Waals surface area contributed by atoms with Crippen LogP contribution < -0.4 is 5.73 Å². The molecule has 0 aliphatic carbocycles. The van der Waals surface area contributed by atoms with E-state index >= 15 is 0 Å². The van der Waals surface area contributed by atoms with Gasteiger partial charge in [-0.2, -0.15) is 5.06 Å². The van der Waals surface area contributed by atoms with Gasteiger partial charge in [0, 0.05) is 4.90 Å². The molecule has 6 heteroatoms. The second-order valence-electron chi connectivity index (χ2n) is 4.16. The van der Waals surface area contributed by atoms with E-state index in [4.69, 9.17) is 10.2 Å². The summed E-state index contributed by atoms with van der Waals surface area (Å²) in [7, 11) is 0. The lowest BCUT2D eigenvalue weighted by Gasteiger charge is -2.14. The van der Waals surface area contributed by atoms with E-state index in [2.05, 4.69) is 11.8 Å². The Bertz CT molecular complexity index is 673. The molecule has 108 valence electrons. The van der Waals surface area contributed by atoms with Gasteiger partial charge in [-0.25, -0.2) is 4.79 Å². The first kappa shape index (κ1) is 15.0. The van der Waals surface area contributed by atoms with Crippen molar-refractivity contribution in [3.05, 3.63) is 48.4 Å². The maximum Gasteiger partial charge on any atom is 0.339 e. The Morgan fingerprint density at radius 1 is 1.38 bits per heavy atom. The molecule has 1 aromatic carbocycles. The number of hydrogen-bond acceptors (Lipinski definition) is 4. The number of primary amides is 1. The summed E-state index contributed by atoms with van der Waals surface area (Å²) < 4.78 is 5.32. The Morgan fingerprint density at radius 3 is 2.76 bits per heavy atom. The fourth-order valence-electron chi connectivity index (χ4n) is 1.51. The highest BCUT2D eigenvalue weighted by molar-refractivity contribution is 7.99. The zero-order valence-corrected chi connectivity index (χ0v) is 12.1. The van der Waals surface area contributed by atoms with Crippen molar-refractivity contribution in [3.8, 4) is 11.8 Å². The predicted octanol–water partition coefficient (Wildman–Crippen LogP) is 2.94. The fourth-order valence-corrected chi connectivity index (χ4v) is 2.37. The van der Waals surface area contributed by atoms with E-state index in [1.165, 1.54) is 11.8 Å². The third-order valence-corrected chi connectivity index (χ3v) is 3.64. The molecule has 5 nitrogen and oxygen atoms in total. The van der Waals surface area contributed by atoms with Crippen molar-refractivity contribution in [3.63, 3.8) is 0 Å². The molecule has 0 saturated heterocycles. The number of urea groups is 1. The molecule has 0 bridgehead atoms. The van der Waals surface area contributed by atoms with Gasteiger partial charge in [-0.15, -0.1) is 0 Å². The van der Waals surface area contributed by atoms with Crippen LogP contribution in [0.2, 0.25) is 0 Å². The molecule has 3 N–H and O–H groups in total. The summed E-state index contributed by atoms with van der Waals surface area (Å²) in [6, 6.07) is 9.97. The first-order valence-corrected chi connectivity index (χ1v) is 6.99. The van der Waals surface area contributed by atoms with Gasteiger partial charge in [0.25, 0.3) is 0 Å². The van der Waals surface area contributed by atoms with Crippen LogP contribution in [0.25, 0.3) is 0 Å². The third-order valence-electron chi connectivity index (χ3n) is 2.59. The SMILES string of the molecule is CC(C#Cc1occc1Sc1ccccc1)N(O)C(N)=O. The molecule has 2 aromatic rings. The Morgan fingerprint density at radius 2 is 2.10 bits per heavy atom. The summed E-state index contributed by atoms with van der Waals surface area (Å²) in [5.41, 5.74) is 4.96. The second kappa shape index (κ2) is 6.88. The molecule has 2 amide bonds. The number of benzene rings is 1. The molecular formula is C15H14N2O3S. The lowest BCUT2D eigenvalue weighted by atomic mass is 10.3. The van der Waals surface area contributed by atoms with Crippen molar-refractivity contribution in [2.24, 2.45) is 5.73 Å². The maximum atomic E-state index is 10.8. The van der Waals surface area contributed by atoms with Gasteiger partial charge < -0.3 is 10.2 Å². The van der Waals surface area contributed by atoms with Gasteiger partial charge in [0.1, 0.15) is 6.04 Å². The average molecular weight is 302 g/mol. The highest BCUT2D eigenvalue weighted by Gasteiger charge is 2.12. The minimum atomic E-state index is -0.949. The molecule has 0 spiro atoms. The van der Waals surface area contributed by atoms with Gasteiger partial charge in [0.15, 0.2) is 5.76 Å². The zero-order valence-electron chi connectivity index (χ0n) is 11.3. The van der Waals surface area contributed by atoms with Crippen molar-refractivity contribution in [1.82, 2.24) is 5.06 Å². The highest BCUT2D eigenvalue weighted by Crippen LogP contribution is 2.30. The summed E-state index contributed by atoms with van der Waals surface area (Å²) in [4.78, 5) is 12.7. The lowest BCUT2D eigenvalue weighted by Crippen LogP contribution is -2.38. The smallest absolute Gasteiger partial charge is 0.339 e. The van der Waals surface area contributed by atoms with Gasteiger partial charge in [0.05, 0.1) is 11.2 Å². The molecular weight excluding hydrogens is 288 g/mol. The van der Waals surface area contributed by atoms with Crippen molar-refractivity contribution < 1.29 is 14.4 Å². The quantitative estimate of drug-likeness (QED) is 0.519. The first-order valence-electron chi connectivity index (χ1n) is 6.17. The van der Waals surface area contributed by atoms with Crippen molar-refractivity contribution >= 4 is 17.8 Å². The normalized spacial score (nSPS) is 11.3. The van der Waals surface area contributed by atoms with Gasteiger partial charge >= 0.3 is 6.03 Å². The number of furan rings is 1. The monoisotopic (exact) mass is 302 g/mol. The molecule has 0 radical (unpaired) electrons. The van der Waals surface area contributed by atoms with Gasteiger partial charge in [-0.05, 0) is 31.0 Å². The van der Waals surface area contributed by atoms with E-state index in [0.29, 0.717) is 10.8 Å². The van der Waals surface area contributed by atoms with E-state index in [1.54, 1.807) is 13.2 Å². The standard InChI is InChI=1S/C15H14N2O3S/c1-11(17(19)15(16)18)7-8-13-14(9-10-20-13)21-12-5-3-2-4-6-12/h2-6,9-11,19H,1H3,(H2,16,18). The van der Waals surface area contributed by atoms with Gasteiger partial charge in [-0.3, -0.25) is 5.21 Å². The van der Waals surface area contributed by atoms with Crippen LogP contribution in [0.4, 0.5) is 4.79 Å². The van der Waals surface area contributed by atoms with Crippen LogP contribution in [0.1, 0.15) is 12.7 Å². The number of amides is 2. The average Bonchev–Trinajstić information content (AvgIpc) is 2.92. The molecule has 1 unspecified atom stereocenters. The number of carbonyl (C=O) groups excluding carboxylic acids is 1. The molecule has 0 aliphatic rings. The number of nitrogens with zero attached hydrogens (tertiary/aromatic N) is 1. The van der Waals surface area contributed by atoms with E-state index in [-0.39, 0.29) is 0 Å². The topological polar surface area (TPSA) is 79.7 Å². The number of carbonyl (C=O) groups is 1. The summed E-state index contributed by atoms with van der Waals surface area (Å²) >= 11 is 1.52. The van der Waals surface area contributed by atoms with E-state index < -0.39 is 12.1 Å². The maximum absolute atomic E-state index is 10.8. The number of nitrogens with two attached hydrogens (primary N) is 1. The molecule has 0 fully saturated rings. The predicted molar refractivity (Wildman–Crippen MR) is 78.8 cm³/mol. The zero-order chi connectivity index (χ0) is 15.2. The van der Waals surface area contributed by atoms with Crippen molar-refractivity contribution in [1.29, 1.82) is 0 Å². The van der Waals surface area contributed by atoms with Gasteiger partial charge in [0.2, 0.25) is 0 Å². The highest BCUT2D eigenvalue weighted by atomic mass is 32.2. The molecule has 0 saturated carbocycles. The summed E-state index contributed by atoms with van der Waals surface area (Å²) in [5, 5.41) is 9.72. The first-order chi connectivity index (χ1) is 10.1. The van der Waals surface area contributed by atoms with Crippen LogP contribution >= 0.6 is 11.8 Å². The molecule has 1 heterocycles. The Kier molecular flexibility index (Phi) is 4.93. The minimum Gasteiger partial charge on any atom is -0.455 e. The molecule has 21 heavy (non-hydrogen) atoms. The van der Waals surface area contributed by atoms with Crippen molar-refractivity contribution in [2.45, 2.75) is 22.8 Å². The lowest BCUT2D eigenvalue weighted by molar-refractivity contribution is -0.0536. The molecule has 2 rings (SSSR count). The Labute approximate surface area is 126 Å². The largest absolute Gasteiger partial charge is 0.455 e. The van der Waals surface area contributed by atoms with E-state index in [9.17, 15) is 10.0 Å². The van der Waals surface area contributed by atoms with E-state index in [0.717, 1.165) is 9.79 Å². The number of hydrogen-bond donors (Lipinski definition) is 2. The summed E-state index contributed by atoms with van der Waals surface area (Å²) in [6.07, 6.45) is 1.55. The summed E-state index contributed by atoms with van der Waals surface area (Å²) in [6.45, 7) is 1.56. The Hall–Kier alpha value is -2.36. The fraction of sp³-hybridized carbons (Fsp3) is 0.133. The van der Waals surface area contributed by atoms with Crippen LogP contribution in [0.3, 0.4) is 0 Å². The molecule has 1 atom stereocenters. The molecule has 0 aliphatic heterocycles. The third kappa shape index (κ3) is 4.05. The van der Waals surface area contributed by atoms with Crippen LogP contribution in [-0.2, 0) is 0 Å². The number of rotatable bonds is 3. The van der Waals surface area contributed by atoms with Gasteiger partial charge in [-0.1, -0.05) is 35.9 Å². The van der Waals surface area contributed by atoms with E-state index in [1.807, 2.05) is 36.4 Å². The van der Waals surface area contributed by atoms with Crippen LogP contribution in [0.15, 0.2) is 56.9 Å². The second-order valence-corrected chi connectivity index (χ2v) is 5.27. The minimum absolute atomic E-state index is 0.375. The van der Waals surface area contributed by atoms with Crippen molar-refractivity contribution in [2.75, 3.05) is 0 Å². The van der Waals surface area contributed by atoms with Crippen LogP contribution in [0, 0.1) is 11.8 Å². The van der Waals surface area contributed by atoms with Crippen LogP contribution in [0.5, 0.6) is 0 Å². The van der Waals surface area contributed by atoms with Crippen LogP contribution in [-0.4, -0.2) is 22.3 Å². The Balaban J connectivity index is 2.13. The number of hydroxylamine groups is 2.